The molecule has 1 aliphatic rings. The van der Waals surface area contributed by atoms with Gasteiger partial charge in [-0.1, -0.05) is 18.2 Å². The van der Waals surface area contributed by atoms with E-state index >= 15 is 0 Å². The van der Waals surface area contributed by atoms with Crippen molar-refractivity contribution in [1.29, 1.82) is 0 Å². The van der Waals surface area contributed by atoms with E-state index in [4.69, 9.17) is 0 Å². The molecule has 8 heteroatoms. The molecular formula is C23H25F2N3O3. The number of carbonyl (C=O) groups is 3. The standard InChI is InChI=1S/C23H25F2N3O3/c1-15(29)26-21(13-16-5-7-18(24)8-6-16)22(30)27-20-9-11-28(12-10-20)23(31)17-3-2-4-19(25)14-17/h2-8,14,20-21H,9-13H2,1H3,(H,26,29)(H,27,30)/t21-/m0/s1. The van der Waals surface area contributed by atoms with Gasteiger partial charge in [-0.15, -0.1) is 0 Å². The minimum atomic E-state index is -0.782. The summed E-state index contributed by atoms with van der Waals surface area (Å²) in [7, 11) is 0. The average Bonchev–Trinajstić information content (AvgIpc) is 2.74. The van der Waals surface area contributed by atoms with Gasteiger partial charge in [-0.2, -0.15) is 0 Å². The van der Waals surface area contributed by atoms with E-state index in [1.165, 1.54) is 37.3 Å². The van der Waals surface area contributed by atoms with E-state index in [2.05, 4.69) is 10.6 Å². The molecule has 3 rings (SSSR count). The van der Waals surface area contributed by atoms with Crippen LogP contribution in [0.5, 0.6) is 0 Å². The van der Waals surface area contributed by atoms with Crippen LogP contribution in [0.25, 0.3) is 0 Å². The van der Waals surface area contributed by atoms with Gasteiger partial charge in [0.15, 0.2) is 0 Å². The molecule has 2 N–H and O–H groups in total. The minimum absolute atomic E-state index is 0.145. The zero-order valence-electron chi connectivity index (χ0n) is 17.2. The van der Waals surface area contributed by atoms with Gasteiger partial charge in [0.25, 0.3) is 5.91 Å². The highest BCUT2D eigenvalue weighted by Crippen LogP contribution is 2.15. The van der Waals surface area contributed by atoms with Crippen molar-refractivity contribution < 1.29 is 23.2 Å². The van der Waals surface area contributed by atoms with Crippen LogP contribution in [0.15, 0.2) is 48.5 Å². The van der Waals surface area contributed by atoms with Crippen LogP contribution in [0.4, 0.5) is 8.78 Å². The second-order valence-electron chi connectivity index (χ2n) is 7.67. The number of likely N-dealkylation sites (tertiary alicyclic amines) is 1. The molecule has 0 aromatic heterocycles. The van der Waals surface area contributed by atoms with Crippen molar-refractivity contribution in [1.82, 2.24) is 15.5 Å². The van der Waals surface area contributed by atoms with Crippen LogP contribution in [-0.4, -0.2) is 47.8 Å². The molecule has 2 aromatic carbocycles. The van der Waals surface area contributed by atoms with Crippen molar-refractivity contribution in [3.05, 3.63) is 71.3 Å². The maximum atomic E-state index is 13.4. The van der Waals surface area contributed by atoms with E-state index in [1.807, 2.05) is 0 Å². The number of benzene rings is 2. The number of carbonyl (C=O) groups excluding carboxylic acids is 3. The van der Waals surface area contributed by atoms with Crippen molar-refractivity contribution in [3.63, 3.8) is 0 Å². The molecule has 1 saturated heterocycles. The Kier molecular flexibility index (Phi) is 7.33. The number of hydrogen-bond donors (Lipinski definition) is 2. The third-order valence-corrected chi connectivity index (χ3v) is 5.25. The number of piperidine rings is 1. The summed E-state index contributed by atoms with van der Waals surface area (Å²) in [6.07, 6.45) is 1.34. The van der Waals surface area contributed by atoms with E-state index in [1.54, 1.807) is 23.1 Å². The molecule has 0 unspecified atom stereocenters. The molecular weight excluding hydrogens is 404 g/mol. The predicted molar refractivity (Wildman–Crippen MR) is 111 cm³/mol. The number of amides is 3. The van der Waals surface area contributed by atoms with Gasteiger partial charge >= 0.3 is 0 Å². The Morgan fingerprint density at radius 1 is 1.03 bits per heavy atom. The SMILES string of the molecule is CC(=O)N[C@@H](Cc1ccc(F)cc1)C(=O)NC1CCN(C(=O)c2cccc(F)c2)CC1. The summed E-state index contributed by atoms with van der Waals surface area (Å²) in [5.74, 6) is -1.73. The molecule has 1 atom stereocenters. The zero-order valence-corrected chi connectivity index (χ0v) is 17.2. The van der Waals surface area contributed by atoms with Crippen LogP contribution < -0.4 is 10.6 Å². The van der Waals surface area contributed by atoms with Gasteiger partial charge in [-0.05, 0) is 48.7 Å². The molecule has 0 spiro atoms. The summed E-state index contributed by atoms with van der Waals surface area (Å²) in [4.78, 5) is 38.5. The van der Waals surface area contributed by atoms with Gasteiger partial charge in [0.1, 0.15) is 17.7 Å². The largest absolute Gasteiger partial charge is 0.351 e. The number of nitrogens with one attached hydrogen (secondary N) is 2. The molecule has 0 aliphatic carbocycles. The molecule has 0 bridgehead atoms. The van der Waals surface area contributed by atoms with Crippen molar-refractivity contribution in [3.8, 4) is 0 Å². The lowest BCUT2D eigenvalue weighted by molar-refractivity contribution is -0.128. The maximum Gasteiger partial charge on any atom is 0.253 e. The summed E-state index contributed by atoms with van der Waals surface area (Å²) in [5, 5.41) is 5.58. The summed E-state index contributed by atoms with van der Waals surface area (Å²) in [6.45, 7) is 2.20. The van der Waals surface area contributed by atoms with Gasteiger partial charge in [0.2, 0.25) is 11.8 Å². The lowest BCUT2D eigenvalue weighted by atomic mass is 10.0. The third kappa shape index (κ3) is 6.34. The molecule has 6 nitrogen and oxygen atoms in total. The maximum absolute atomic E-state index is 13.4. The second-order valence-corrected chi connectivity index (χ2v) is 7.67. The van der Waals surface area contributed by atoms with Crippen LogP contribution in [0.1, 0.15) is 35.7 Å². The molecule has 1 fully saturated rings. The molecule has 1 heterocycles. The van der Waals surface area contributed by atoms with Gasteiger partial charge in [0.05, 0.1) is 0 Å². The van der Waals surface area contributed by atoms with E-state index in [0.717, 1.165) is 5.56 Å². The van der Waals surface area contributed by atoms with Crippen LogP contribution in [0.3, 0.4) is 0 Å². The molecule has 3 amide bonds. The quantitative estimate of drug-likeness (QED) is 0.741. The zero-order chi connectivity index (χ0) is 22.4. The van der Waals surface area contributed by atoms with Gasteiger partial charge < -0.3 is 15.5 Å². The first-order chi connectivity index (χ1) is 14.8. The van der Waals surface area contributed by atoms with E-state index in [9.17, 15) is 23.2 Å². The predicted octanol–water partition coefficient (Wildman–Crippen LogP) is 2.43. The van der Waals surface area contributed by atoms with Crippen molar-refractivity contribution in [2.24, 2.45) is 0 Å². The number of nitrogens with zero attached hydrogens (tertiary/aromatic N) is 1. The number of halogens is 2. The number of hydrogen-bond acceptors (Lipinski definition) is 3. The topological polar surface area (TPSA) is 78.5 Å². The van der Waals surface area contributed by atoms with Crippen LogP contribution >= 0.6 is 0 Å². The van der Waals surface area contributed by atoms with Crippen LogP contribution in [0, 0.1) is 11.6 Å². The smallest absolute Gasteiger partial charge is 0.253 e. The third-order valence-electron chi connectivity index (χ3n) is 5.25. The Balaban J connectivity index is 1.55. The summed E-state index contributed by atoms with van der Waals surface area (Å²) in [5.41, 5.74) is 1.03. The fraction of sp³-hybridized carbons (Fsp3) is 0.348. The first-order valence-electron chi connectivity index (χ1n) is 10.2. The molecule has 0 radical (unpaired) electrons. The minimum Gasteiger partial charge on any atom is -0.351 e. The van der Waals surface area contributed by atoms with Gasteiger partial charge in [0, 0.05) is 38.0 Å². The fourth-order valence-electron chi connectivity index (χ4n) is 3.64. The Morgan fingerprint density at radius 2 is 1.71 bits per heavy atom. The molecule has 164 valence electrons. The first-order valence-corrected chi connectivity index (χ1v) is 10.2. The van der Waals surface area contributed by atoms with Crippen molar-refractivity contribution in [2.75, 3.05) is 13.1 Å². The molecule has 0 saturated carbocycles. The summed E-state index contributed by atoms with van der Waals surface area (Å²) < 4.78 is 26.5. The van der Waals surface area contributed by atoms with Gasteiger partial charge in [-0.3, -0.25) is 14.4 Å². The molecule has 31 heavy (non-hydrogen) atoms. The van der Waals surface area contributed by atoms with Crippen LogP contribution in [0.2, 0.25) is 0 Å². The second kappa shape index (κ2) is 10.1. The van der Waals surface area contributed by atoms with Crippen molar-refractivity contribution in [2.45, 2.75) is 38.3 Å². The highest BCUT2D eigenvalue weighted by Gasteiger charge is 2.27. The normalized spacial score (nSPS) is 15.3. The molecule has 2 aromatic rings. The van der Waals surface area contributed by atoms with Gasteiger partial charge in [-0.25, -0.2) is 8.78 Å². The first kappa shape index (κ1) is 22.4. The number of rotatable bonds is 6. The van der Waals surface area contributed by atoms with E-state index in [0.29, 0.717) is 31.5 Å². The average molecular weight is 429 g/mol. The monoisotopic (exact) mass is 429 g/mol. The Bertz CT molecular complexity index is 941. The lowest BCUT2D eigenvalue weighted by Crippen LogP contribution is -2.53. The highest BCUT2D eigenvalue weighted by atomic mass is 19.1. The Morgan fingerprint density at radius 3 is 2.32 bits per heavy atom. The van der Waals surface area contributed by atoms with Crippen molar-refractivity contribution >= 4 is 17.7 Å². The van der Waals surface area contributed by atoms with E-state index in [-0.39, 0.29) is 36.0 Å². The summed E-state index contributed by atoms with van der Waals surface area (Å²) in [6, 6.07) is 10.4. The fourth-order valence-corrected chi connectivity index (χ4v) is 3.64. The highest BCUT2D eigenvalue weighted by molar-refractivity contribution is 5.94. The van der Waals surface area contributed by atoms with Crippen LogP contribution in [-0.2, 0) is 16.0 Å². The van der Waals surface area contributed by atoms with E-state index < -0.39 is 11.9 Å². The molecule has 1 aliphatic heterocycles. The Labute approximate surface area is 179 Å². The summed E-state index contributed by atoms with van der Waals surface area (Å²) >= 11 is 0. The lowest BCUT2D eigenvalue weighted by Gasteiger charge is -2.33. The Hall–Kier alpha value is -3.29.